The van der Waals surface area contributed by atoms with Gasteiger partial charge in [0.05, 0.1) is 12.0 Å². The summed E-state index contributed by atoms with van der Waals surface area (Å²) in [7, 11) is 0.128. The Morgan fingerprint density at radius 1 is 1.35 bits per heavy atom. The molecule has 0 fully saturated rings. The van der Waals surface area contributed by atoms with Crippen LogP contribution in [0.25, 0.3) is 0 Å². The molecule has 1 amide bonds. The summed E-state index contributed by atoms with van der Waals surface area (Å²) in [5, 5.41) is 3.11. The van der Waals surface area contributed by atoms with Crippen molar-refractivity contribution in [3.8, 4) is 5.75 Å². The topological polar surface area (TPSA) is 109 Å². The van der Waals surface area contributed by atoms with Crippen LogP contribution in [0.3, 0.4) is 0 Å². The third kappa shape index (κ3) is 5.43. The Morgan fingerprint density at radius 3 is 2.82 bits per heavy atom. The molecule has 8 nitrogen and oxygen atoms in total. The third-order valence-corrected chi connectivity index (χ3v) is 7.85. The number of anilines is 1. The van der Waals surface area contributed by atoms with E-state index in [0.29, 0.717) is 34.7 Å². The van der Waals surface area contributed by atoms with Gasteiger partial charge < -0.3 is 14.6 Å². The van der Waals surface area contributed by atoms with Crippen molar-refractivity contribution in [2.24, 2.45) is 7.05 Å². The van der Waals surface area contributed by atoms with Gasteiger partial charge >= 0.3 is 0 Å². The van der Waals surface area contributed by atoms with Crippen molar-refractivity contribution in [3.63, 3.8) is 0 Å². The molecular formula is C24H28ClN5O3S. The first-order chi connectivity index (χ1) is 16.3. The Hall–Kier alpha value is -2.88. The monoisotopic (exact) mass is 501 g/mol. The van der Waals surface area contributed by atoms with Gasteiger partial charge in [-0.3, -0.25) is 4.79 Å². The van der Waals surface area contributed by atoms with E-state index >= 15 is 0 Å². The lowest BCUT2D eigenvalue weighted by Crippen LogP contribution is -2.32. The molecule has 3 N–H and O–H groups in total. The van der Waals surface area contributed by atoms with E-state index < -0.39 is 9.92 Å². The number of pyridine rings is 1. The molecule has 0 radical (unpaired) electrons. The summed E-state index contributed by atoms with van der Waals surface area (Å²) in [6.07, 6.45) is 6.97. The molecule has 0 saturated heterocycles. The van der Waals surface area contributed by atoms with Gasteiger partial charge in [-0.15, -0.1) is 0 Å². The SMILES string of the molecule is COc1ccc(CCC[C@H]2CCc3c(cn(C)c3C(=O)Nc3ccnc(Cl)c3)S(=N)(=O)N2)cc1. The second kappa shape index (κ2) is 10.2. The Bertz CT molecular complexity index is 1290. The quantitative estimate of drug-likeness (QED) is 0.411. The number of carbonyl (C=O) groups is 1. The highest BCUT2D eigenvalue weighted by atomic mass is 35.5. The first kappa shape index (κ1) is 24.3. The van der Waals surface area contributed by atoms with Crippen molar-refractivity contribution in [1.29, 1.82) is 4.78 Å². The predicted molar refractivity (Wildman–Crippen MR) is 133 cm³/mol. The van der Waals surface area contributed by atoms with Crippen molar-refractivity contribution >= 4 is 33.1 Å². The molecule has 10 heteroatoms. The zero-order valence-corrected chi connectivity index (χ0v) is 20.7. The highest BCUT2D eigenvalue weighted by molar-refractivity contribution is 7.90. The minimum Gasteiger partial charge on any atom is -0.497 e. The van der Waals surface area contributed by atoms with E-state index in [2.05, 4.69) is 15.0 Å². The summed E-state index contributed by atoms with van der Waals surface area (Å²) in [4.78, 5) is 17.4. The van der Waals surface area contributed by atoms with Crippen molar-refractivity contribution < 1.29 is 13.7 Å². The molecule has 1 unspecified atom stereocenters. The molecule has 1 aliphatic rings. The van der Waals surface area contributed by atoms with E-state index in [0.717, 1.165) is 25.0 Å². The second-order valence-electron chi connectivity index (χ2n) is 8.40. The van der Waals surface area contributed by atoms with Crippen LogP contribution in [0.15, 0.2) is 53.7 Å². The van der Waals surface area contributed by atoms with Gasteiger partial charge in [0.2, 0.25) is 0 Å². The number of nitrogens with zero attached hydrogens (tertiary/aromatic N) is 2. The fourth-order valence-electron chi connectivity index (χ4n) is 4.33. The van der Waals surface area contributed by atoms with Crippen LogP contribution >= 0.6 is 11.6 Å². The van der Waals surface area contributed by atoms with E-state index in [-0.39, 0.29) is 17.1 Å². The highest BCUT2D eigenvalue weighted by Crippen LogP contribution is 2.29. The van der Waals surface area contributed by atoms with Gasteiger partial charge in [0.1, 0.15) is 26.5 Å². The van der Waals surface area contributed by atoms with Crippen LogP contribution in [0.4, 0.5) is 5.69 Å². The van der Waals surface area contributed by atoms with Gasteiger partial charge in [-0.1, -0.05) is 23.7 Å². The number of nitrogens with one attached hydrogen (secondary N) is 3. The summed E-state index contributed by atoms with van der Waals surface area (Å²) < 4.78 is 31.8. The fourth-order valence-corrected chi connectivity index (χ4v) is 6.19. The Labute approximate surface area is 204 Å². The first-order valence-corrected chi connectivity index (χ1v) is 13.0. The number of methoxy groups -OCH3 is 1. The maximum absolute atomic E-state index is 13.3. The molecule has 180 valence electrons. The molecule has 1 aromatic carbocycles. The van der Waals surface area contributed by atoms with Crippen LogP contribution in [0.5, 0.6) is 5.75 Å². The highest BCUT2D eigenvalue weighted by Gasteiger charge is 2.30. The number of amides is 1. The first-order valence-electron chi connectivity index (χ1n) is 11.1. The van der Waals surface area contributed by atoms with Crippen LogP contribution in [0.1, 0.15) is 40.9 Å². The number of aromatic nitrogens is 2. The van der Waals surface area contributed by atoms with Gasteiger partial charge in [-0.05, 0) is 61.9 Å². The lowest BCUT2D eigenvalue weighted by molar-refractivity contribution is 0.101. The molecule has 2 aromatic heterocycles. The predicted octanol–water partition coefficient (Wildman–Crippen LogP) is 4.58. The summed E-state index contributed by atoms with van der Waals surface area (Å²) in [5.74, 6) is 0.493. The summed E-state index contributed by atoms with van der Waals surface area (Å²) in [6, 6.07) is 11.1. The zero-order chi connectivity index (χ0) is 24.3. The van der Waals surface area contributed by atoms with Crippen molar-refractivity contribution in [2.45, 2.75) is 43.0 Å². The number of hydrogen-bond donors (Lipinski definition) is 3. The van der Waals surface area contributed by atoms with E-state index in [1.807, 2.05) is 24.3 Å². The third-order valence-electron chi connectivity index (χ3n) is 6.01. The average Bonchev–Trinajstić information content (AvgIpc) is 3.09. The number of halogens is 1. The minimum absolute atomic E-state index is 0.0733. The number of aryl methyl sites for hydroxylation is 2. The second-order valence-corrected chi connectivity index (χ2v) is 10.6. The zero-order valence-electron chi connectivity index (χ0n) is 19.1. The van der Waals surface area contributed by atoms with E-state index in [4.69, 9.17) is 21.1 Å². The number of ether oxygens (including phenoxy) is 1. The van der Waals surface area contributed by atoms with Crippen molar-refractivity contribution in [1.82, 2.24) is 14.3 Å². The molecule has 0 spiro atoms. The number of fused-ring (bicyclic) bond motifs is 1. The van der Waals surface area contributed by atoms with Crippen LogP contribution in [0.2, 0.25) is 5.15 Å². The maximum atomic E-state index is 13.3. The summed E-state index contributed by atoms with van der Waals surface area (Å²) >= 11 is 5.92. The van der Waals surface area contributed by atoms with Crippen LogP contribution < -0.4 is 14.8 Å². The standard InChI is InChI=1S/C24H28ClN5O3S/c1-30-15-21-20(23(30)24(31)28-18-12-13-27-22(25)14-18)11-8-17(29-34(21,26)32)5-3-4-16-6-9-19(33-2)10-7-16/h6-7,9-10,12-15,17H,3-5,8,11H2,1-2H3,(H2,26,29,32)(H,27,28,31)/t17-,34?/m0/s1. The lowest BCUT2D eigenvalue weighted by atomic mass is 9.99. The van der Waals surface area contributed by atoms with Crippen molar-refractivity contribution in [2.75, 3.05) is 12.4 Å². The molecule has 1 aliphatic heterocycles. The van der Waals surface area contributed by atoms with E-state index in [1.165, 1.54) is 11.8 Å². The van der Waals surface area contributed by atoms with Crippen molar-refractivity contribution in [3.05, 3.63) is 70.8 Å². The molecule has 2 atom stereocenters. The molecule has 0 aliphatic carbocycles. The lowest BCUT2D eigenvalue weighted by Gasteiger charge is -2.17. The molecule has 3 heterocycles. The Kier molecular flexibility index (Phi) is 7.25. The van der Waals surface area contributed by atoms with Gasteiger partial charge in [0.15, 0.2) is 0 Å². The molecule has 3 aromatic rings. The Balaban J connectivity index is 1.46. The number of rotatable bonds is 7. The van der Waals surface area contributed by atoms with Gasteiger partial charge in [0.25, 0.3) is 5.91 Å². The molecule has 0 saturated carbocycles. The van der Waals surface area contributed by atoms with Crippen LogP contribution in [0, 0.1) is 4.78 Å². The summed E-state index contributed by atoms with van der Waals surface area (Å²) in [5.41, 5.74) is 2.80. The molecular weight excluding hydrogens is 474 g/mol. The van der Waals surface area contributed by atoms with Gasteiger partial charge in [0, 0.05) is 36.7 Å². The smallest absolute Gasteiger partial charge is 0.272 e. The fraction of sp³-hybridized carbons (Fsp3) is 0.333. The Morgan fingerprint density at radius 2 is 2.12 bits per heavy atom. The molecule has 4 rings (SSSR count). The average molecular weight is 502 g/mol. The van der Waals surface area contributed by atoms with Crippen LogP contribution in [-0.2, 0) is 29.8 Å². The van der Waals surface area contributed by atoms with Gasteiger partial charge in [-0.25, -0.2) is 18.7 Å². The van der Waals surface area contributed by atoms with E-state index in [9.17, 15) is 9.00 Å². The largest absolute Gasteiger partial charge is 0.497 e. The van der Waals surface area contributed by atoms with Gasteiger partial charge in [-0.2, -0.15) is 0 Å². The minimum atomic E-state index is -3.24. The normalized spacial score (nSPS) is 19.8. The van der Waals surface area contributed by atoms with Crippen LogP contribution in [-0.4, -0.2) is 32.8 Å². The van der Waals surface area contributed by atoms with E-state index in [1.54, 1.807) is 37.1 Å². The summed E-state index contributed by atoms with van der Waals surface area (Å²) in [6.45, 7) is 0. The maximum Gasteiger partial charge on any atom is 0.272 e. The molecule has 0 bridgehead atoms. The number of benzene rings is 1. The number of hydrogen-bond acceptors (Lipinski definition) is 5. The number of carbonyl (C=O) groups excluding carboxylic acids is 1. The molecule has 34 heavy (non-hydrogen) atoms.